The number of amides is 1. The molecule has 0 fully saturated rings. The summed E-state index contributed by atoms with van der Waals surface area (Å²) >= 11 is 6.14. The van der Waals surface area contributed by atoms with Crippen LogP contribution in [0.5, 0.6) is 5.75 Å². The highest BCUT2D eigenvalue weighted by Gasteiger charge is 2.07. The molecule has 2 aromatic rings. The van der Waals surface area contributed by atoms with E-state index in [1.165, 1.54) is 0 Å². The maximum Gasteiger partial charge on any atom is 0.251 e. The van der Waals surface area contributed by atoms with Gasteiger partial charge in [-0.05, 0) is 35.9 Å². The second-order valence-corrected chi connectivity index (χ2v) is 4.88. The molecule has 0 radical (unpaired) electrons. The summed E-state index contributed by atoms with van der Waals surface area (Å²) in [4.78, 5) is 11.6. The van der Waals surface area contributed by atoms with Crippen LogP contribution >= 0.6 is 11.6 Å². The Morgan fingerprint density at radius 1 is 1.19 bits per heavy atom. The molecular weight excluding hydrogens is 288 g/mol. The fraction of sp³-hybridized carbons (Fsp3) is 0.188. The van der Waals surface area contributed by atoms with Gasteiger partial charge in [-0.3, -0.25) is 4.79 Å². The van der Waals surface area contributed by atoms with Crippen molar-refractivity contribution < 1.29 is 9.53 Å². The molecule has 0 aromatic heterocycles. The minimum Gasteiger partial charge on any atom is -0.497 e. The maximum atomic E-state index is 11.6. The molecule has 5 heteroatoms. The molecule has 2 aromatic carbocycles. The quantitative estimate of drug-likeness (QED) is 0.891. The number of hydrogen-bond donors (Lipinski definition) is 2. The summed E-state index contributed by atoms with van der Waals surface area (Å²) in [6.07, 6.45) is 0. The first-order valence-corrected chi connectivity index (χ1v) is 6.90. The van der Waals surface area contributed by atoms with Crippen molar-refractivity contribution in [3.05, 3.63) is 58.6 Å². The molecule has 0 saturated carbocycles. The van der Waals surface area contributed by atoms with Gasteiger partial charge in [-0.25, -0.2) is 0 Å². The molecule has 0 saturated heterocycles. The third-order valence-corrected chi connectivity index (χ3v) is 3.43. The number of benzene rings is 2. The molecule has 2 N–H and O–H groups in total. The molecule has 0 heterocycles. The predicted octanol–water partition coefficient (Wildman–Crippen LogP) is 3.32. The maximum absolute atomic E-state index is 11.6. The van der Waals surface area contributed by atoms with Gasteiger partial charge in [0.15, 0.2) is 0 Å². The number of carbonyl (C=O) groups excluding carboxylic acids is 1. The molecule has 0 aliphatic rings. The summed E-state index contributed by atoms with van der Waals surface area (Å²) in [5.41, 5.74) is 2.39. The molecule has 0 aliphatic carbocycles. The topological polar surface area (TPSA) is 50.4 Å². The fourth-order valence-electron chi connectivity index (χ4n) is 1.89. The third-order valence-electron chi connectivity index (χ3n) is 3.10. The van der Waals surface area contributed by atoms with Crippen molar-refractivity contribution in [2.24, 2.45) is 0 Å². The van der Waals surface area contributed by atoms with E-state index in [0.29, 0.717) is 17.1 Å². The van der Waals surface area contributed by atoms with E-state index >= 15 is 0 Å². The van der Waals surface area contributed by atoms with E-state index in [0.717, 1.165) is 17.0 Å². The highest BCUT2D eigenvalue weighted by Crippen LogP contribution is 2.24. The van der Waals surface area contributed by atoms with Gasteiger partial charge in [-0.1, -0.05) is 23.7 Å². The van der Waals surface area contributed by atoms with Crippen molar-refractivity contribution >= 4 is 23.2 Å². The number of anilines is 1. The number of halogens is 1. The van der Waals surface area contributed by atoms with E-state index in [9.17, 15) is 4.79 Å². The van der Waals surface area contributed by atoms with E-state index in [2.05, 4.69) is 10.6 Å². The zero-order valence-corrected chi connectivity index (χ0v) is 12.7. The number of carbonyl (C=O) groups is 1. The second-order valence-electron chi connectivity index (χ2n) is 4.48. The van der Waals surface area contributed by atoms with Gasteiger partial charge >= 0.3 is 0 Å². The molecule has 21 heavy (non-hydrogen) atoms. The summed E-state index contributed by atoms with van der Waals surface area (Å²) in [5, 5.41) is 6.40. The lowest BCUT2D eigenvalue weighted by atomic mass is 10.1. The van der Waals surface area contributed by atoms with Gasteiger partial charge in [-0.15, -0.1) is 0 Å². The van der Waals surface area contributed by atoms with Crippen LogP contribution < -0.4 is 15.4 Å². The SMILES string of the molecule is CNC(=O)c1ccc(Cl)c(NCc2ccc(OC)cc2)c1. The molecule has 1 amide bonds. The molecular formula is C16H17ClN2O2. The number of methoxy groups -OCH3 is 1. The van der Waals surface area contributed by atoms with E-state index in [1.807, 2.05) is 24.3 Å². The zero-order chi connectivity index (χ0) is 15.2. The van der Waals surface area contributed by atoms with Crippen LogP contribution in [0.3, 0.4) is 0 Å². The molecule has 0 atom stereocenters. The molecule has 0 unspecified atom stereocenters. The van der Waals surface area contributed by atoms with Crippen molar-refractivity contribution in [3.8, 4) is 5.75 Å². The van der Waals surface area contributed by atoms with Gasteiger partial charge in [0.25, 0.3) is 5.91 Å². The van der Waals surface area contributed by atoms with Crippen LogP contribution in [0.1, 0.15) is 15.9 Å². The molecule has 0 spiro atoms. The van der Waals surface area contributed by atoms with Gasteiger partial charge in [0.2, 0.25) is 0 Å². The first-order chi connectivity index (χ1) is 10.1. The average molecular weight is 305 g/mol. The third kappa shape index (κ3) is 3.89. The van der Waals surface area contributed by atoms with Crippen LogP contribution in [0.2, 0.25) is 5.02 Å². The molecule has 0 bridgehead atoms. The van der Waals surface area contributed by atoms with Crippen molar-refractivity contribution in [2.75, 3.05) is 19.5 Å². The monoisotopic (exact) mass is 304 g/mol. The summed E-state index contributed by atoms with van der Waals surface area (Å²) < 4.78 is 5.12. The van der Waals surface area contributed by atoms with Gasteiger partial charge < -0.3 is 15.4 Å². The standard InChI is InChI=1S/C16H17ClN2O2/c1-18-16(20)12-5-8-14(17)15(9-12)19-10-11-3-6-13(21-2)7-4-11/h3-9,19H,10H2,1-2H3,(H,18,20). The molecule has 2 rings (SSSR count). The van der Waals surface area contributed by atoms with Crippen LogP contribution in [-0.2, 0) is 6.54 Å². The first kappa shape index (κ1) is 15.2. The van der Waals surface area contributed by atoms with Crippen molar-refractivity contribution in [1.29, 1.82) is 0 Å². The summed E-state index contributed by atoms with van der Waals surface area (Å²) in [7, 11) is 3.23. The van der Waals surface area contributed by atoms with E-state index in [1.54, 1.807) is 32.4 Å². The second kappa shape index (κ2) is 6.99. The lowest BCUT2D eigenvalue weighted by molar-refractivity contribution is 0.0963. The number of rotatable bonds is 5. The Kier molecular flexibility index (Phi) is 5.06. The van der Waals surface area contributed by atoms with Crippen LogP contribution in [0.25, 0.3) is 0 Å². The first-order valence-electron chi connectivity index (χ1n) is 6.52. The van der Waals surface area contributed by atoms with Gasteiger partial charge in [-0.2, -0.15) is 0 Å². The minimum atomic E-state index is -0.140. The Morgan fingerprint density at radius 3 is 2.52 bits per heavy atom. The Hall–Kier alpha value is -2.20. The number of nitrogens with one attached hydrogen (secondary N) is 2. The Balaban J connectivity index is 2.09. The Bertz CT molecular complexity index is 627. The number of ether oxygens (including phenoxy) is 1. The lowest BCUT2D eigenvalue weighted by Gasteiger charge is -2.10. The zero-order valence-electron chi connectivity index (χ0n) is 11.9. The summed E-state index contributed by atoms with van der Waals surface area (Å²) in [6.45, 7) is 0.612. The van der Waals surface area contributed by atoms with Gasteiger partial charge in [0, 0.05) is 19.2 Å². The Labute approximate surface area is 129 Å². The van der Waals surface area contributed by atoms with Crippen LogP contribution in [-0.4, -0.2) is 20.1 Å². The van der Waals surface area contributed by atoms with Gasteiger partial charge in [0.05, 0.1) is 17.8 Å². The summed E-state index contributed by atoms with van der Waals surface area (Å²) in [5.74, 6) is 0.678. The summed E-state index contributed by atoms with van der Waals surface area (Å²) in [6, 6.07) is 12.9. The van der Waals surface area contributed by atoms with Crippen LogP contribution in [0, 0.1) is 0 Å². The normalized spacial score (nSPS) is 10.0. The van der Waals surface area contributed by atoms with Crippen molar-refractivity contribution in [3.63, 3.8) is 0 Å². The smallest absolute Gasteiger partial charge is 0.251 e. The van der Waals surface area contributed by atoms with Crippen LogP contribution in [0.15, 0.2) is 42.5 Å². The fourth-order valence-corrected chi connectivity index (χ4v) is 2.07. The van der Waals surface area contributed by atoms with E-state index < -0.39 is 0 Å². The molecule has 110 valence electrons. The lowest BCUT2D eigenvalue weighted by Crippen LogP contribution is -2.17. The van der Waals surface area contributed by atoms with E-state index in [4.69, 9.17) is 16.3 Å². The van der Waals surface area contributed by atoms with E-state index in [-0.39, 0.29) is 5.91 Å². The number of hydrogen-bond acceptors (Lipinski definition) is 3. The highest BCUT2D eigenvalue weighted by molar-refractivity contribution is 6.33. The van der Waals surface area contributed by atoms with Crippen molar-refractivity contribution in [2.45, 2.75) is 6.54 Å². The highest BCUT2D eigenvalue weighted by atomic mass is 35.5. The van der Waals surface area contributed by atoms with Crippen LogP contribution in [0.4, 0.5) is 5.69 Å². The predicted molar refractivity (Wildman–Crippen MR) is 85.2 cm³/mol. The molecule has 4 nitrogen and oxygen atoms in total. The van der Waals surface area contributed by atoms with Crippen molar-refractivity contribution in [1.82, 2.24) is 5.32 Å². The molecule has 0 aliphatic heterocycles. The minimum absolute atomic E-state index is 0.140. The average Bonchev–Trinajstić information content (AvgIpc) is 2.53. The van der Waals surface area contributed by atoms with Gasteiger partial charge in [0.1, 0.15) is 5.75 Å². The Morgan fingerprint density at radius 2 is 1.90 bits per heavy atom. The largest absolute Gasteiger partial charge is 0.497 e.